The molecule has 0 amide bonds. The van der Waals surface area contributed by atoms with E-state index in [0.717, 1.165) is 10.1 Å². The van der Waals surface area contributed by atoms with Crippen molar-refractivity contribution in [1.29, 1.82) is 0 Å². The fourth-order valence-corrected chi connectivity index (χ4v) is 2.64. The van der Waals surface area contributed by atoms with Gasteiger partial charge < -0.3 is 5.32 Å². The molecule has 8 heteroatoms. The number of nitrogens with zero attached hydrogens (tertiary/aromatic N) is 4. The lowest BCUT2D eigenvalue weighted by atomic mass is 10.1. The number of rotatable bonds is 3. The van der Waals surface area contributed by atoms with E-state index in [9.17, 15) is 14.4 Å². The largest absolute Gasteiger partial charge is 0.338 e. The minimum Gasteiger partial charge on any atom is -0.338 e. The van der Waals surface area contributed by atoms with Crippen LogP contribution in [0.3, 0.4) is 0 Å². The van der Waals surface area contributed by atoms with Crippen LogP contribution < -0.4 is 16.6 Å². The van der Waals surface area contributed by atoms with Crippen molar-refractivity contribution in [3.63, 3.8) is 0 Å². The van der Waals surface area contributed by atoms with Crippen molar-refractivity contribution in [2.24, 2.45) is 14.1 Å². The van der Waals surface area contributed by atoms with Crippen LogP contribution in [-0.4, -0.2) is 24.7 Å². The summed E-state index contributed by atoms with van der Waals surface area (Å²) in [5, 5.41) is 6.97. The van der Waals surface area contributed by atoms with Gasteiger partial charge in [-0.3, -0.25) is 23.4 Å². The molecule has 0 spiro atoms. The highest BCUT2D eigenvalue weighted by atomic mass is 16.2. The first kappa shape index (κ1) is 15.0. The Balaban J connectivity index is 2.17. The average Bonchev–Trinajstić information content (AvgIpc) is 3.06. The Kier molecular flexibility index (Phi) is 3.51. The highest BCUT2D eigenvalue weighted by molar-refractivity contribution is 6.19. The summed E-state index contributed by atoms with van der Waals surface area (Å²) < 4.78 is 4.02. The molecule has 0 unspecified atom stereocenters. The maximum atomic E-state index is 12.6. The summed E-state index contributed by atoms with van der Waals surface area (Å²) in [6.07, 6.45) is 5.70. The normalized spacial score (nSPS) is 15.1. The first-order chi connectivity index (χ1) is 10.9. The van der Waals surface area contributed by atoms with E-state index in [1.54, 1.807) is 30.2 Å². The Morgan fingerprint density at radius 2 is 2.00 bits per heavy atom. The molecule has 0 bridgehead atoms. The molecule has 0 saturated carbocycles. The molecule has 3 rings (SSSR count). The minimum absolute atomic E-state index is 0.00990. The molecule has 1 N–H and O–H groups in total. The van der Waals surface area contributed by atoms with E-state index in [1.165, 1.54) is 11.6 Å². The number of hydrogen-bond acceptors (Lipinski definition) is 5. The molecule has 3 heterocycles. The van der Waals surface area contributed by atoms with Crippen molar-refractivity contribution in [2.75, 3.05) is 5.32 Å². The van der Waals surface area contributed by atoms with Crippen LogP contribution in [-0.2, 0) is 20.6 Å². The first-order valence-corrected chi connectivity index (χ1v) is 7.30. The van der Waals surface area contributed by atoms with Crippen LogP contribution in [0, 0.1) is 0 Å². The van der Waals surface area contributed by atoms with E-state index in [0.29, 0.717) is 13.0 Å². The SMILES string of the molecule is CCCn1c2c(c(=O)n(C)c1=O)C(=O)/C(=C/c1cnn(C)c1)N2. The number of ketones is 1. The van der Waals surface area contributed by atoms with Crippen LogP contribution in [0.25, 0.3) is 6.08 Å². The standard InChI is InChI=1S/C15H17N5O3/c1-4-5-20-13-11(14(22)19(3)15(20)23)12(21)10(17-13)6-9-7-16-18(2)8-9/h6-8,17H,4-5H2,1-3H3/b10-6-. The number of nitrogens with one attached hydrogen (secondary N) is 1. The number of allylic oxidation sites excluding steroid dienone is 1. The van der Waals surface area contributed by atoms with Gasteiger partial charge in [-0.15, -0.1) is 0 Å². The summed E-state index contributed by atoms with van der Waals surface area (Å²) in [4.78, 5) is 37.1. The van der Waals surface area contributed by atoms with Crippen molar-refractivity contribution >= 4 is 17.7 Å². The van der Waals surface area contributed by atoms with Crippen molar-refractivity contribution in [2.45, 2.75) is 19.9 Å². The van der Waals surface area contributed by atoms with Gasteiger partial charge in [0.05, 0.1) is 11.9 Å². The number of aryl methyl sites for hydroxylation is 1. The van der Waals surface area contributed by atoms with E-state index in [1.807, 2.05) is 6.92 Å². The van der Waals surface area contributed by atoms with Crippen molar-refractivity contribution < 1.29 is 4.79 Å². The molecule has 1 aliphatic rings. The van der Waals surface area contributed by atoms with Gasteiger partial charge in [-0.1, -0.05) is 6.92 Å². The summed E-state index contributed by atoms with van der Waals surface area (Å²) in [5.41, 5.74) is -0.00317. The Bertz CT molecular complexity index is 945. The van der Waals surface area contributed by atoms with Crippen molar-refractivity contribution in [3.8, 4) is 0 Å². The summed E-state index contributed by atoms with van der Waals surface area (Å²) >= 11 is 0. The molecule has 0 aliphatic carbocycles. The molecule has 2 aromatic rings. The van der Waals surface area contributed by atoms with Gasteiger partial charge in [0.15, 0.2) is 0 Å². The number of hydrogen-bond donors (Lipinski definition) is 1. The van der Waals surface area contributed by atoms with Gasteiger partial charge in [-0.2, -0.15) is 5.10 Å². The quantitative estimate of drug-likeness (QED) is 0.825. The Morgan fingerprint density at radius 1 is 1.26 bits per heavy atom. The monoisotopic (exact) mass is 315 g/mol. The zero-order valence-corrected chi connectivity index (χ0v) is 13.2. The number of aromatic nitrogens is 4. The molecule has 0 saturated heterocycles. The lowest BCUT2D eigenvalue weighted by molar-refractivity contribution is 0.104. The van der Waals surface area contributed by atoms with Crippen molar-refractivity contribution in [1.82, 2.24) is 18.9 Å². The fraction of sp³-hybridized carbons (Fsp3) is 0.333. The second-order valence-electron chi connectivity index (χ2n) is 5.48. The maximum Gasteiger partial charge on any atom is 0.332 e. The highest BCUT2D eigenvalue weighted by Gasteiger charge is 2.32. The van der Waals surface area contributed by atoms with Crippen LogP contribution in [0.1, 0.15) is 29.3 Å². The van der Waals surface area contributed by atoms with Gasteiger partial charge in [0.25, 0.3) is 5.56 Å². The molecular weight excluding hydrogens is 298 g/mol. The van der Waals surface area contributed by atoms with Crippen LogP contribution >= 0.6 is 0 Å². The maximum absolute atomic E-state index is 12.6. The van der Waals surface area contributed by atoms with E-state index in [4.69, 9.17) is 0 Å². The van der Waals surface area contributed by atoms with Crippen LogP contribution in [0.4, 0.5) is 5.82 Å². The molecule has 0 radical (unpaired) electrons. The minimum atomic E-state index is -0.579. The molecule has 0 aromatic carbocycles. The lowest BCUT2D eigenvalue weighted by Gasteiger charge is -2.11. The van der Waals surface area contributed by atoms with Gasteiger partial charge in [0, 0.05) is 32.4 Å². The molecule has 0 fully saturated rings. The molecule has 1 aliphatic heterocycles. The summed E-state index contributed by atoms with van der Waals surface area (Å²) in [6, 6.07) is 0. The van der Waals surface area contributed by atoms with Crippen molar-refractivity contribution in [3.05, 3.63) is 50.1 Å². The molecule has 0 atom stereocenters. The fourth-order valence-electron chi connectivity index (χ4n) is 2.64. The Hall–Kier alpha value is -2.90. The van der Waals surface area contributed by atoms with E-state index < -0.39 is 17.0 Å². The van der Waals surface area contributed by atoms with Gasteiger partial charge in [0.1, 0.15) is 11.4 Å². The molecule has 120 valence electrons. The highest BCUT2D eigenvalue weighted by Crippen LogP contribution is 2.25. The van der Waals surface area contributed by atoms with Gasteiger partial charge >= 0.3 is 5.69 Å². The second-order valence-corrected chi connectivity index (χ2v) is 5.48. The Labute approximate surface area is 131 Å². The molecule has 23 heavy (non-hydrogen) atoms. The van der Waals surface area contributed by atoms with Crippen LogP contribution in [0.15, 0.2) is 27.7 Å². The third-order valence-corrected chi connectivity index (χ3v) is 3.75. The zero-order chi connectivity index (χ0) is 16.7. The lowest BCUT2D eigenvalue weighted by Crippen LogP contribution is -2.40. The number of anilines is 1. The summed E-state index contributed by atoms with van der Waals surface area (Å²) in [5.74, 6) is -0.130. The molecule has 8 nitrogen and oxygen atoms in total. The zero-order valence-electron chi connectivity index (χ0n) is 13.2. The van der Waals surface area contributed by atoms with Crippen LogP contribution in [0.2, 0.25) is 0 Å². The number of Topliss-reactive ketones (excluding diaryl/α,β-unsaturated/α-hetero) is 1. The molecule has 2 aromatic heterocycles. The smallest absolute Gasteiger partial charge is 0.332 e. The molecular formula is C15H17N5O3. The van der Waals surface area contributed by atoms with Gasteiger partial charge in [0.2, 0.25) is 5.78 Å². The van der Waals surface area contributed by atoms with Gasteiger partial charge in [-0.05, 0) is 12.5 Å². The Morgan fingerprint density at radius 3 is 2.61 bits per heavy atom. The average molecular weight is 315 g/mol. The predicted octanol–water partition coefficient (Wildman–Crippen LogP) is 0.340. The summed E-state index contributed by atoms with van der Waals surface area (Å²) in [7, 11) is 3.16. The summed E-state index contributed by atoms with van der Waals surface area (Å²) in [6.45, 7) is 2.35. The first-order valence-electron chi connectivity index (χ1n) is 7.30. The third-order valence-electron chi connectivity index (χ3n) is 3.75. The number of fused-ring (bicyclic) bond motifs is 1. The third kappa shape index (κ3) is 2.32. The van der Waals surface area contributed by atoms with E-state index >= 15 is 0 Å². The topological polar surface area (TPSA) is 90.9 Å². The van der Waals surface area contributed by atoms with E-state index in [2.05, 4.69) is 10.4 Å². The predicted molar refractivity (Wildman–Crippen MR) is 85.4 cm³/mol. The second kappa shape index (κ2) is 5.38. The number of carbonyl (C=O) groups excluding carboxylic acids is 1. The van der Waals surface area contributed by atoms with E-state index in [-0.39, 0.29) is 17.1 Å². The van der Waals surface area contributed by atoms with Crippen LogP contribution in [0.5, 0.6) is 0 Å². The van der Waals surface area contributed by atoms with Gasteiger partial charge in [-0.25, -0.2) is 4.79 Å². The number of carbonyl (C=O) groups is 1.